The Labute approximate surface area is 219 Å². The van der Waals surface area contributed by atoms with Crippen molar-refractivity contribution in [2.75, 3.05) is 24.4 Å². The standard InChI is InChI=1S/C25H20ClF3N4O5/c1-37-19-8-6-17(7-9-19)32-23(35)24(36)33-30-13-15-5-10-21(20(26)11-15)38-14-22(34)31-18-4-2-3-16(12-18)25(27,28)29/h2-13H,14H2,1H3,(H,31,34)(H,32,35)(H,33,36)/b30-13-. The predicted octanol–water partition coefficient (Wildman–Crippen LogP) is 4.47. The average molecular weight is 549 g/mol. The van der Waals surface area contributed by atoms with E-state index in [0.29, 0.717) is 17.0 Å². The molecule has 0 saturated heterocycles. The van der Waals surface area contributed by atoms with Gasteiger partial charge in [-0.3, -0.25) is 14.4 Å². The molecule has 3 amide bonds. The molecule has 3 rings (SSSR count). The smallest absolute Gasteiger partial charge is 0.416 e. The van der Waals surface area contributed by atoms with E-state index in [0.717, 1.165) is 12.1 Å². The molecule has 38 heavy (non-hydrogen) atoms. The fourth-order valence-corrected chi connectivity index (χ4v) is 3.15. The number of hydrazone groups is 1. The Balaban J connectivity index is 1.48. The van der Waals surface area contributed by atoms with Gasteiger partial charge in [0.1, 0.15) is 11.5 Å². The molecule has 3 aromatic carbocycles. The molecule has 0 spiro atoms. The van der Waals surface area contributed by atoms with Crippen LogP contribution < -0.4 is 25.5 Å². The van der Waals surface area contributed by atoms with E-state index >= 15 is 0 Å². The molecule has 0 fully saturated rings. The molecule has 0 aliphatic heterocycles. The highest BCUT2D eigenvalue weighted by atomic mass is 35.5. The van der Waals surface area contributed by atoms with Gasteiger partial charge < -0.3 is 20.1 Å². The molecule has 0 saturated carbocycles. The number of alkyl halides is 3. The van der Waals surface area contributed by atoms with Crippen molar-refractivity contribution in [2.45, 2.75) is 6.18 Å². The Hall–Kier alpha value is -4.58. The molecule has 0 bridgehead atoms. The van der Waals surface area contributed by atoms with Crippen LogP contribution in [0.25, 0.3) is 0 Å². The number of rotatable bonds is 8. The zero-order valence-corrected chi connectivity index (χ0v) is 20.4. The van der Waals surface area contributed by atoms with Crippen LogP contribution in [0.2, 0.25) is 5.02 Å². The van der Waals surface area contributed by atoms with Crippen molar-refractivity contribution in [2.24, 2.45) is 5.10 Å². The molecule has 0 radical (unpaired) electrons. The van der Waals surface area contributed by atoms with E-state index in [1.165, 1.54) is 43.7 Å². The highest BCUT2D eigenvalue weighted by Gasteiger charge is 2.30. The van der Waals surface area contributed by atoms with E-state index < -0.39 is 36.1 Å². The number of benzene rings is 3. The minimum Gasteiger partial charge on any atom is -0.497 e. The molecule has 13 heteroatoms. The third-order valence-electron chi connectivity index (χ3n) is 4.72. The first-order valence-corrected chi connectivity index (χ1v) is 11.1. The second-order valence-corrected chi connectivity index (χ2v) is 7.89. The van der Waals surface area contributed by atoms with Gasteiger partial charge in [0.05, 0.1) is 23.9 Å². The van der Waals surface area contributed by atoms with Crippen LogP contribution in [0.1, 0.15) is 11.1 Å². The number of methoxy groups -OCH3 is 1. The van der Waals surface area contributed by atoms with Crippen LogP contribution in [0.15, 0.2) is 71.8 Å². The predicted molar refractivity (Wildman–Crippen MR) is 134 cm³/mol. The van der Waals surface area contributed by atoms with Gasteiger partial charge in [-0.2, -0.15) is 18.3 Å². The molecule has 0 aliphatic carbocycles. The maximum absolute atomic E-state index is 12.8. The maximum Gasteiger partial charge on any atom is 0.416 e. The largest absolute Gasteiger partial charge is 0.497 e. The van der Waals surface area contributed by atoms with E-state index in [4.69, 9.17) is 21.1 Å². The van der Waals surface area contributed by atoms with Crippen LogP contribution in [-0.2, 0) is 20.6 Å². The van der Waals surface area contributed by atoms with Gasteiger partial charge in [0.2, 0.25) is 0 Å². The molecule has 198 valence electrons. The van der Waals surface area contributed by atoms with Crippen molar-refractivity contribution in [3.8, 4) is 11.5 Å². The molecule has 3 aromatic rings. The van der Waals surface area contributed by atoms with Crippen LogP contribution in [-0.4, -0.2) is 37.7 Å². The molecule has 3 N–H and O–H groups in total. The highest BCUT2D eigenvalue weighted by Crippen LogP contribution is 2.30. The molecular weight excluding hydrogens is 529 g/mol. The van der Waals surface area contributed by atoms with Gasteiger partial charge in [0.15, 0.2) is 6.61 Å². The van der Waals surface area contributed by atoms with Gasteiger partial charge in [-0.25, -0.2) is 5.43 Å². The minimum atomic E-state index is -4.54. The Morgan fingerprint density at radius 3 is 2.34 bits per heavy atom. The van der Waals surface area contributed by atoms with Crippen LogP contribution in [0.4, 0.5) is 24.5 Å². The summed E-state index contributed by atoms with van der Waals surface area (Å²) in [7, 11) is 1.50. The number of carbonyl (C=O) groups excluding carboxylic acids is 3. The van der Waals surface area contributed by atoms with Crippen molar-refractivity contribution in [1.82, 2.24) is 5.43 Å². The fourth-order valence-electron chi connectivity index (χ4n) is 2.91. The lowest BCUT2D eigenvalue weighted by atomic mass is 10.2. The topological polar surface area (TPSA) is 118 Å². The van der Waals surface area contributed by atoms with Crippen LogP contribution in [0.5, 0.6) is 11.5 Å². The van der Waals surface area contributed by atoms with Crippen molar-refractivity contribution < 1.29 is 37.0 Å². The highest BCUT2D eigenvalue weighted by molar-refractivity contribution is 6.39. The fraction of sp³-hybridized carbons (Fsp3) is 0.120. The Bertz CT molecular complexity index is 1350. The molecule has 0 heterocycles. The first-order chi connectivity index (χ1) is 18.0. The number of amides is 3. The Kier molecular flexibility index (Phi) is 9.28. The van der Waals surface area contributed by atoms with Crippen LogP contribution >= 0.6 is 11.6 Å². The van der Waals surface area contributed by atoms with E-state index in [1.807, 2.05) is 0 Å². The first-order valence-electron chi connectivity index (χ1n) is 10.7. The van der Waals surface area contributed by atoms with Crippen molar-refractivity contribution in [1.29, 1.82) is 0 Å². The summed E-state index contributed by atoms with van der Waals surface area (Å²) >= 11 is 6.14. The van der Waals surface area contributed by atoms with E-state index in [1.54, 1.807) is 24.3 Å². The lowest BCUT2D eigenvalue weighted by Crippen LogP contribution is -2.32. The average Bonchev–Trinajstić information content (AvgIpc) is 2.88. The Morgan fingerprint density at radius 1 is 0.947 bits per heavy atom. The molecule has 0 aliphatic rings. The van der Waals surface area contributed by atoms with E-state index in [2.05, 4.69) is 21.2 Å². The van der Waals surface area contributed by atoms with E-state index in [9.17, 15) is 27.6 Å². The summed E-state index contributed by atoms with van der Waals surface area (Å²) in [5.41, 5.74) is 1.97. The first kappa shape index (κ1) is 28.0. The Morgan fingerprint density at radius 2 is 1.68 bits per heavy atom. The monoisotopic (exact) mass is 548 g/mol. The lowest BCUT2D eigenvalue weighted by molar-refractivity contribution is -0.137. The lowest BCUT2D eigenvalue weighted by Gasteiger charge is -2.11. The summed E-state index contributed by atoms with van der Waals surface area (Å²) in [4.78, 5) is 36.0. The van der Waals surface area contributed by atoms with Gasteiger partial charge in [0.25, 0.3) is 5.91 Å². The minimum absolute atomic E-state index is 0.0363. The number of nitrogens with one attached hydrogen (secondary N) is 3. The molecule has 0 atom stereocenters. The number of nitrogens with zero attached hydrogens (tertiary/aromatic N) is 1. The zero-order chi connectivity index (χ0) is 27.7. The number of carbonyl (C=O) groups is 3. The third-order valence-corrected chi connectivity index (χ3v) is 5.02. The van der Waals surface area contributed by atoms with Gasteiger partial charge in [-0.15, -0.1) is 0 Å². The van der Waals surface area contributed by atoms with Gasteiger partial charge in [-0.05, 0) is 66.2 Å². The summed E-state index contributed by atoms with van der Waals surface area (Å²) in [6, 6.07) is 14.9. The van der Waals surface area contributed by atoms with Crippen LogP contribution in [0.3, 0.4) is 0 Å². The SMILES string of the molecule is COc1ccc(NC(=O)C(=O)N/N=C\c2ccc(OCC(=O)Nc3cccc(C(F)(F)F)c3)c(Cl)c2)cc1. The van der Waals surface area contributed by atoms with Crippen molar-refractivity contribution in [3.63, 3.8) is 0 Å². The summed E-state index contributed by atoms with van der Waals surface area (Å²) in [5.74, 6) is -1.91. The summed E-state index contributed by atoms with van der Waals surface area (Å²) in [6.07, 6.45) is -3.31. The summed E-state index contributed by atoms with van der Waals surface area (Å²) in [6.45, 7) is -0.511. The number of hydrogen-bond acceptors (Lipinski definition) is 6. The maximum atomic E-state index is 12.8. The number of hydrogen-bond donors (Lipinski definition) is 3. The number of ether oxygens (including phenoxy) is 2. The third kappa shape index (κ3) is 8.23. The van der Waals surface area contributed by atoms with Gasteiger partial charge in [0, 0.05) is 11.4 Å². The van der Waals surface area contributed by atoms with Gasteiger partial charge in [-0.1, -0.05) is 17.7 Å². The van der Waals surface area contributed by atoms with Crippen molar-refractivity contribution in [3.05, 3.63) is 82.9 Å². The molecule has 9 nitrogen and oxygen atoms in total. The molecule has 0 unspecified atom stereocenters. The second kappa shape index (κ2) is 12.6. The summed E-state index contributed by atoms with van der Waals surface area (Å²) in [5, 5.41) is 8.52. The summed E-state index contributed by atoms with van der Waals surface area (Å²) < 4.78 is 48.8. The molecule has 0 aromatic heterocycles. The van der Waals surface area contributed by atoms with Gasteiger partial charge >= 0.3 is 18.0 Å². The second-order valence-electron chi connectivity index (χ2n) is 7.49. The number of anilines is 2. The quantitative estimate of drug-likeness (QED) is 0.218. The van der Waals surface area contributed by atoms with Crippen LogP contribution in [0, 0.1) is 0 Å². The van der Waals surface area contributed by atoms with E-state index in [-0.39, 0.29) is 16.5 Å². The number of halogens is 4. The molecular formula is C25H20ClF3N4O5. The normalized spacial score (nSPS) is 11.1. The zero-order valence-electron chi connectivity index (χ0n) is 19.6. The van der Waals surface area contributed by atoms with Crippen molar-refractivity contribution >= 4 is 46.9 Å².